The highest BCUT2D eigenvalue weighted by Gasteiger charge is 2.21. The van der Waals surface area contributed by atoms with Gasteiger partial charge in [0, 0.05) is 24.6 Å². The Morgan fingerprint density at radius 3 is 2.95 bits per heavy atom. The van der Waals surface area contributed by atoms with E-state index in [1.54, 1.807) is 22.6 Å². The molecule has 1 amide bonds. The van der Waals surface area contributed by atoms with Crippen molar-refractivity contribution in [3.05, 3.63) is 29.5 Å². The molecule has 0 spiro atoms. The van der Waals surface area contributed by atoms with E-state index in [1.807, 2.05) is 19.9 Å². The molecule has 0 bridgehead atoms. The Morgan fingerprint density at radius 2 is 2.35 bits per heavy atom. The van der Waals surface area contributed by atoms with E-state index in [0.29, 0.717) is 29.4 Å². The van der Waals surface area contributed by atoms with E-state index in [-0.39, 0.29) is 18.6 Å². The molecule has 0 aliphatic heterocycles. The number of hydrogen-bond acceptors (Lipinski definition) is 5. The standard InChI is InChI=1S/C14H18N2O3S/c1-10(2)16(6-4-7-17)14(18)11-9-20-13(15-11)12-5-3-8-19-12/h3,5,8-10,17H,4,6-7H2,1-2H3. The number of carbonyl (C=O) groups excluding carboxylic acids is 1. The summed E-state index contributed by atoms with van der Waals surface area (Å²) in [5, 5.41) is 11.4. The summed E-state index contributed by atoms with van der Waals surface area (Å²) in [6, 6.07) is 3.68. The number of rotatable bonds is 6. The second kappa shape index (κ2) is 6.67. The zero-order chi connectivity index (χ0) is 14.5. The van der Waals surface area contributed by atoms with Gasteiger partial charge in [-0.1, -0.05) is 0 Å². The Hall–Kier alpha value is -1.66. The molecule has 20 heavy (non-hydrogen) atoms. The lowest BCUT2D eigenvalue weighted by atomic mass is 10.2. The van der Waals surface area contributed by atoms with Crippen molar-refractivity contribution in [1.82, 2.24) is 9.88 Å². The molecule has 0 fully saturated rings. The molecular formula is C14H18N2O3S. The first-order valence-electron chi connectivity index (χ1n) is 6.54. The summed E-state index contributed by atoms with van der Waals surface area (Å²) in [6.45, 7) is 4.51. The fourth-order valence-electron chi connectivity index (χ4n) is 1.87. The Bertz CT molecular complexity index is 549. The molecule has 0 saturated carbocycles. The largest absolute Gasteiger partial charge is 0.462 e. The highest BCUT2D eigenvalue weighted by molar-refractivity contribution is 7.13. The van der Waals surface area contributed by atoms with Crippen LogP contribution in [0.2, 0.25) is 0 Å². The number of amides is 1. The summed E-state index contributed by atoms with van der Waals surface area (Å²) in [5.74, 6) is 0.558. The maximum atomic E-state index is 12.4. The summed E-state index contributed by atoms with van der Waals surface area (Å²) in [5.41, 5.74) is 0.424. The van der Waals surface area contributed by atoms with Crippen LogP contribution in [0.15, 0.2) is 28.2 Å². The number of furan rings is 1. The third kappa shape index (κ3) is 3.26. The molecule has 1 N–H and O–H groups in total. The first-order chi connectivity index (χ1) is 9.63. The van der Waals surface area contributed by atoms with Crippen molar-refractivity contribution >= 4 is 17.2 Å². The van der Waals surface area contributed by atoms with Crippen molar-refractivity contribution in [3.63, 3.8) is 0 Å². The minimum Gasteiger partial charge on any atom is -0.462 e. The fraction of sp³-hybridized carbons (Fsp3) is 0.429. The van der Waals surface area contributed by atoms with Crippen molar-refractivity contribution in [1.29, 1.82) is 0 Å². The van der Waals surface area contributed by atoms with Crippen LogP contribution in [-0.4, -0.2) is 40.1 Å². The normalized spacial score (nSPS) is 11.0. The molecule has 2 heterocycles. The predicted octanol–water partition coefficient (Wildman–Crippen LogP) is 2.64. The molecule has 0 saturated heterocycles. The quantitative estimate of drug-likeness (QED) is 0.889. The van der Waals surface area contributed by atoms with Crippen LogP contribution in [0.3, 0.4) is 0 Å². The molecule has 0 aromatic carbocycles. The molecule has 0 unspecified atom stereocenters. The number of aromatic nitrogens is 1. The number of aliphatic hydroxyl groups excluding tert-OH is 1. The predicted molar refractivity (Wildman–Crippen MR) is 77.7 cm³/mol. The van der Waals surface area contributed by atoms with Crippen molar-refractivity contribution in [3.8, 4) is 10.8 Å². The van der Waals surface area contributed by atoms with Gasteiger partial charge in [-0.05, 0) is 32.4 Å². The molecule has 108 valence electrons. The highest BCUT2D eigenvalue weighted by Crippen LogP contribution is 2.24. The van der Waals surface area contributed by atoms with Gasteiger partial charge in [0.25, 0.3) is 5.91 Å². The maximum Gasteiger partial charge on any atom is 0.273 e. The van der Waals surface area contributed by atoms with Gasteiger partial charge in [-0.2, -0.15) is 0 Å². The molecular weight excluding hydrogens is 276 g/mol. The van der Waals surface area contributed by atoms with Crippen LogP contribution in [0.1, 0.15) is 30.8 Å². The smallest absolute Gasteiger partial charge is 0.273 e. The van der Waals surface area contributed by atoms with E-state index in [0.717, 1.165) is 0 Å². The van der Waals surface area contributed by atoms with Crippen molar-refractivity contribution in [2.24, 2.45) is 0 Å². The van der Waals surface area contributed by atoms with Gasteiger partial charge in [0.2, 0.25) is 0 Å². The average Bonchev–Trinajstić information content (AvgIpc) is 3.09. The van der Waals surface area contributed by atoms with Crippen LogP contribution in [-0.2, 0) is 0 Å². The van der Waals surface area contributed by atoms with Gasteiger partial charge in [0.15, 0.2) is 10.8 Å². The molecule has 6 heteroatoms. The van der Waals surface area contributed by atoms with Crippen LogP contribution in [0.5, 0.6) is 0 Å². The second-order valence-electron chi connectivity index (χ2n) is 4.68. The van der Waals surface area contributed by atoms with E-state index in [9.17, 15) is 4.79 Å². The monoisotopic (exact) mass is 294 g/mol. The Kier molecular flexibility index (Phi) is 4.92. The molecule has 2 aromatic rings. The van der Waals surface area contributed by atoms with Gasteiger partial charge in [-0.25, -0.2) is 4.98 Å². The molecule has 0 aliphatic rings. The van der Waals surface area contributed by atoms with E-state index >= 15 is 0 Å². The van der Waals surface area contributed by atoms with Crippen molar-refractivity contribution < 1.29 is 14.3 Å². The number of hydrogen-bond donors (Lipinski definition) is 1. The number of nitrogens with zero attached hydrogens (tertiary/aromatic N) is 2. The zero-order valence-electron chi connectivity index (χ0n) is 11.6. The molecule has 5 nitrogen and oxygen atoms in total. The Morgan fingerprint density at radius 1 is 1.55 bits per heavy atom. The lowest BCUT2D eigenvalue weighted by Crippen LogP contribution is -2.38. The minimum atomic E-state index is -0.109. The summed E-state index contributed by atoms with van der Waals surface area (Å²) < 4.78 is 5.28. The number of thiazole rings is 1. The van der Waals surface area contributed by atoms with Gasteiger partial charge in [0.1, 0.15) is 5.69 Å². The Labute approximate surface area is 121 Å². The summed E-state index contributed by atoms with van der Waals surface area (Å²) >= 11 is 1.39. The third-order valence-corrected chi connectivity index (χ3v) is 3.75. The lowest BCUT2D eigenvalue weighted by molar-refractivity contribution is 0.0688. The van der Waals surface area contributed by atoms with Gasteiger partial charge in [-0.15, -0.1) is 11.3 Å². The van der Waals surface area contributed by atoms with Crippen LogP contribution in [0.25, 0.3) is 10.8 Å². The highest BCUT2D eigenvalue weighted by atomic mass is 32.1. The molecule has 0 radical (unpaired) electrons. The maximum absolute atomic E-state index is 12.4. The summed E-state index contributed by atoms with van der Waals surface area (Å²) in [7, 11) is 0. The fourth-order valence-corrected chi connectivity index (χ4v) is 2.63. The molecule has 2 aromatic heterocycles. The van der Waals surface area contributed by atoms with E-state index in [2.05, 4.69) is 4.98 Å². The lowest BCUT2D eigenvalue weighted by Gasteiger charge is -2.25. The zero-order valence-corrected chi connectivity index (χ0v) is 12.4. The summed E-state index contributed by atoms with van der Waals surface area (Å²) in [4.78, 5) is 18.5. The number of aliphatic hydroxyl groups is 1. The molecule has 2 rings (SSSR count). The SMILES string of the molecule is CC(C)N(CCCO)C(=O)c1csc(-c2ccco2)n1. The van der Waals surface area contributed by atoms with E-state index in [4.69, 9.17) is 9.52 Å². The van der Waals surface area contributed by atoms with Crippen LogP contribution < -0.4 is 0 Å². The van der Waals surface area contributed by atoms with Crippen LogP contribution in [0.4, 0.5) is 0 Å². The number of carbonyl (C=O) groups is 1. The summed E-state index contributed by atoms with van der Waals surface area (Å²) in [6.07, 6.45) is 2.15. The second-order valence-corrected chi connectivity index (χ2v) is 5.54. The average molecular weight is 294 g/mol. The molecule has 0 aliphatic carbocycles. The third-order valence-electron chi connectivity index (χ3n) is 2.90. The van der Waals surface area contributed by atoms with Crippen molar-refractivity contribution in [2.75, 3.05) is 13.2 Å². The van der Waals surface area contributed by atoms with Gasteiger partial charge >= 0.3 is 0 Å². The van der Waals surface area contributed by atoms with Crippen molar-refractivity contribution in [2.45, 2.75) is 26.3 Å². The molecule has 0 atom stereocenters. The van der Waals surface area contributed by atoms with Gasteiger partial charge in [0.05, 0.1) is 6.26 Å². The first-order valence-corrected chi connectivity index (χ1v) is 7.42. The first kappa shape index (κ1) is 14.7. The van der Waals surface area contributed by atoms with E-state index in [1.165, 1.54) is 11.3 Å². The minimum absolute atomic E-state index is 0.0720. The van der Waals surface area contributed by atoms with Gasteiger partial charge in [-0.3, -0.25) is 4.79 Å². The van der Waals surface area contributed by atoms with Crippen LogP contribution >= 0.6 is 11.3 Å². The van der Waals surface area contributed by atoms with E-state index < -0.39 is 0 Å². The Balaban J connectivity index is 2.15. The topological polar surface area (TPSA) is 66.6 Å². The van der Waals surface area contributed by atoms with Gasteiger partial charge < -0.3 is 14.4 Å². The van der Waals surface area contributed by atoms with Crippen LogP contribution in [0, 0.1) is 0 Å².